The van der Waals surface area contributed by atoms with E-state index in [4.69, 9.17) is 4.74 Å². The van der Waals surface area contributed by atoms with Crippen molar-refractivity contribution in [1.29, 1.82) is 0 Å². The average Bonchev–Trinajstić information content (AvgIpc) is 3.60. The van der Waals surface area contributed by atoms with Gasteiger partial charge in [-0.2, -0.15) is 0 Å². The number of hydrogen-bond acceptors (Lipinski definition) is 6. The van der Waals surface area contributed by atoms with Crippen LogP contribution in [0.4, 0.5) is 0 Å². The van der Waals surface area contributed by atoms with Crippen LogP contribution in [0.5, 0.6) is 5.75 Å². The number of rotatable bonds is 6. The Kier molecular flexibility index (Phi) is 6.10. The van der Waals surface area contributed by atoms with E-state index in [1.165, 1.54) is 35.7 Å². The maximum atomic E-state index is 11.9. The summed E-state index contributed by atoms with van der Waals surface area (Å²) in [6.07, 6.45) is 7.92. The minimum atomic E-state index is -0.483. The van der Waals surface area contributed by atoms with E-state index in [0.717, 1.165) is 23.8 Å². The lowest BCUT2D eigenvalue weighted by Gasteiger charge is -2.20. The summed E-state index contributed by atoms with van der Waals surface area (Å²) in [7, 11) is 0. The molecule has 2 amide bonds. The molecule has 3 fully saturated rings. The van der Waals surface area contributed by atoms with Crippen LogP contribution in [-0.4, -0.2) is 38.7 Å². The van der Waals surface area contributed by atoms with E-state index in [9.17, 15) is 9.59 Å². The van der Waals surface area contributed by atoms with Crippen LogP contribution in [0.15, 0.2) is 17.0 Å². The molecule has 28 heavy (non-hydrogen) atoms. The van der Waals surface area contributed by atoms with E-state index in [0.29, 0.717) is 24.5 Å². The molecule has 1 aliphatic heterocycles. The van der Waals surface area contributed by atoms with Gasteiger partial charge in [0.15, 0.2) is 0 Å². The highest BCUT2D eigenvalue weighted by Crippen LogP contribution is 2.36. The number of amides is 2. The van der Waals surface area contributed by atoms with Gasteiger partial charge in [-0.3, -0.25) is 14.9 Å². The second kappa shape index (κ2) is 8.73. The van der Waals surface area contributed by atoms with E-state index >= 15 is 0 Å². The van der Waals surface area contributed by atoms with Crippen LogP contribution in [0.25, 0.3) is 11.3 Å². The summed E-state index contributed by atoms with van der Waals surface area (Å²) >= 11 is 4.93. The average molecular weight is 467 g/mol. The van der Waals surface area contributed by atoms with Crippen molar-refractivity contribution in [2.45, 2.75) is 44.6 Å². The van der Waals surface area contributed by atoms with Gasteiger partial charge in [0.1, 0.15) is 17.5 Å². The lowest BCUT2D eigenvalue weighted by molar-refractivity contribution is -0.136. The molecule has 0 bridgehead atoms. The number of piperidine rings is 1. The number of halogens is 1. The molecule has 0 aromatic carbocycles. The zero-order chi connectivity index (χ0) is 19.5. The number of alkyl halides is 1. The van der Waals surface area contributed by atoms with Gasteiger partial charge in [-0.25, -0.2) is 4.68 Å². The van der Waals surface area contributed by atoms with Crippen molar-refractivity contribution in [3.05, 3.63) is 17.0 Å². The van der Waals surface area contributed by atoms with Gasteiger partial charge < -0.3 is 4.74 Å². The van der Waals surface area contributed by atoms with Crippen molar-refractivity contribution in [3.63, 3.8) is 0 Å². The Morgan fingerprint density at radius 1 is 1.18 bits per heavy atom. The fraction of sp³-hybridized carbons (Fsp3) is 0.579. The van der Waals surface area contributed by atoms with Crippen molar-refractivity contribution in [2.75, 3.05) is 11.9 Å². The number of ether oxygens (including phenoxy) is 1. The molecule has 1 atom stereocenters. The van der Waals surface area contributed by atoms with Crippen molar-refractivity contribution in [2.24, 2.45) is 11.8 Å². The Labute approximate surface area is 176 Å². The van der Waals surface area contributed by atoms with Gasteiger partial charge in [0.2, 0.25) is 5.91 Å². The standard InChI is InChI=1S/C15H16N4O3S.C4H7Br/c20-14-4-3-12(15(21)16-14)19-5-11(17-18-19)10-7-23-8-13(10)22-6-9-1-2-9;5-3-4-1-2-4/h5,7-9,12H,1-4,6H2,(H,16,20,21);4H,1-3H2. The molecule has 3 heterocycles. The minimum absolute atomic E-state index is 0.236. The monoisotopic (exact) mass is 466 g/mol. The van der Waals surface area contributed by atoms with Crippen LogP contribution in [0, 0.1) is 11.8 Å². The van der Waals surface area contributed by atoms with Gasteiger partial charge in [0.05, 0.1) is 18.4 Å². The van der Waals surface area contributed by atoms with Gasteiger partial charge in [0, 0.05) is 22.5 Å². The maximum Gasteiger partial charge on any atom is 0.251 e. The number of thiophene rings is 1. The Bertz CT molecular complexity index is 844. The van der Waals surface area contributed by atoms with E-state index in [1.54, 1.807) is 17.5 Å². The van der Waals surface area contributed by atoms with E-state index < -0.39 is 6.04 Å². The Hall–Kier alpha value is -1.74. The third-order valence-electron chi connectivity index (χ3n) is 5.03. The van der Waals surface area contributed by atoms with Crippen LogP contribution < -0.4 is 10.1 Å². The lowest BCUT2D eigenvalue weighted by atomic mass is 10.1. The summed E-state index contributed by atoms with van der Waals surface area (Å²) in [6, 6.07) is -0.483. The summed E-state index contributed by atoms with van der Waals surface area (Å²) in [5, 5.41) is 15.7. The largest absolute Gasteiger partial charge is 0.492 e. The minimum Gasteiger partial charge on any atom is -0.492 e. The number of nitrogens with one attached hydrogen (secondary N) is 1. The molecule has 0 spiro atoms. The third-order valence-corrected chi connectivity index (χ3v) is 6.67. The molecule has 1 N–H and O–H groups in total. The first-order valence-electron chi connectivity index (χ1n) is 9.65. The highest BCUT2D eigenvalue weighted by atomic mass is 79.9. The van der Waals surface area contributed by atoms with Crippen molar-refractivity contribution in [1.82, 2.24) is 20.3 Å². The molecule has 2 aromatic heterocycles. The molecule has 9 heteroatoms. The highest BCUT2D eigenvalue weighted by Gasteiger charge is 2.29. The molecule has 3 aliphatic rings. The molecule has 1 unspecified atom stereocenters. The maximum absolute atomic E-state index is 11.9. The molecule has 2 aliphatic carbocycles. The number of carbonyl (C=O) groups is 2. The first kappa shape index (κ1) is 19.6. The van der Waals surface area contributed by atoms with E-state index in [1.807, 2.05) is 10.8 Å². The number of imide groups is 1. The molecule has 0 radical (unpaired) electrons. The summed E-state index contributed by atoms with van der Waals surface area (Å²) in [5.41, 5.74) is 1.58. The van der Waals surface area contributed by atoms with Gasteiger partial charge >= 0.3 is 0 Å². The Balaban J connectivity index is 0.000000336. The number of carbonyl (C=O) groups excluding carboxylic acids is 2. The zero-order valence-corrected chi connectivity index (χ0v) is 17.9. The van der Waals surface area contributed by atoms with Crippen LogP contribution >= 0.6 is 27.3 Å². The Morgan fingerprint density at radius 3 is 2.61 bits per heavy atom. The van der Waals surface area contributed by atoms with Gasteiger partial charge in [0.25, 0.3) is 5.91 Å². The molecule has 7 nitrogen and oxygen atoms in total. The quantitative estimate of drug-likeness (QED) is 0.519. The Morgan fingerprint density at radius 2 is 1.96 bits per heavy atom. The molecular weight excluding hydrogens is 444 g/mol. The summed E-state index contributed by atoms with van der Waals surface area (Å²) in [4.78, 5) is 23.1. The number of aromatic nitrogens is 3. The number of hydrogen-bond donors (Lipinski definition) is 1. The summed E-state index contributed by atoms with van der Waals surface area (Å²) < 4.78 is 7.38. The topological polar surface area (TPSA) is 86.1 Å². The van der Waals surface area contributed by atoms with Crippen molar-refractivity contribution >= 4 is 39.1 Å². The van der Waals surface area contributed by atoms with E-state index in [2.05, 4.69) is 31.6 Å². The van der Waals surface area contributed by atoms with Gasteiger partial charge in [-0.1, -0.05) is 21.1 Å². The second-order valence-corrected chi connectivity index (χ2v) is 8.94. The number of nitrogens with zero attached hydrogens (tertiary/aromatic N) is 3. The summed E-state index contributed by atoms with van der Waals surface area (Å²) in [6.45, 7) is 0.741. The van der Waals surface area contributed by atoms with Gasteiger partial charge in [-0.05, 0) is 43.9 Å². The SMILES string of the molecule is BrCC1CC1.O=C1CCC(n2cc(-c3cscc3OCC3CC3)nn2)C(=O)N1. The van der Waals surface area contributed by atoms with Gasteiger partial charge in [-0.15, -0.1) is 16.4 Å². The fourth-order valence-corrected chi connectivity index (χ4v) is 4.24. The molecule has 150 valence electrons. The van der Waals surface area contributed by atoms with Crippen molar-refractivity contribution in [3.8, 4) is 17.0 Å². The van der Waals surface area contributed by atoms with Crippen LogP contribution in [-0.2, 0) is 9.59 Å². The first-order chi connectivity index (χ1) is 13.6. The van der Waals surface area contributed by atoms with E-state index in [-0.39, 0.29) is 11.8 Å². The molecule has 2 saturated carbocycles. The molecule has 1 saturated heterocycles. The molecular formula is C19H23BrN4O3S. The zero-order valence-electron chi connectivity index (χ0n) is 15.5. The van der Waals surface area contributed by atoms with Crippen LogP contribution in [0.2, 0.25) is 0 Å². The fourth-order valence-electron chi connectivity index (χ4n) is 2.84. The second-order valence-electron chi connectivity index (χ2n) is 7.55. The summed E-state index contributed by atoms with van der Waals surface area (Å²) in [5.74, 6) is 1.99. The normalized spacial score (nSPS) is 21.7. The molecule has 2 aromatic rings. The molecule has 5 rings (SSSR count). The van der Waals surface area contributed by atoms with Crippen LogP contribution in [0.1, 0.15) is 44.6 Å². The third kappa shape index (κ3) is 5.00. The predicted molar refractivity (Wildman–Crippen MR) is 109 cm³/mol. The predicted octanol–water partition coefficient (Wildman–Crippen LogP) is 3.56. The smallest absolute Gasteiger partial charge is 0.251 e. The van der Waals surface area contributed by atoms with Crippen molar-refractivity contribution < 1.29 is 14.3 Å². The first-order valence-corrected chi connectivity index (χ1v) is 11.7. The lowest BCUT2D eigenvalue weighted by Crippen LogP contribution is -2.41. The van der Waals surface area contributed by atoms with Crippen LogP contribution in [0.3, 0.4) is 0 Å². The highest BCUT2D eigenvalue weighted by molar-refractivity contribution is 9.09.